The standard InChI is InChI=1S/C20H27ClO2/c1-14(13-19(22)23)8-11-18(21)16(3)9-10-17-15(2)7-6-12-20(17,4)5/h8-11,13H,6-7,12H2,1-5H3,(H,22,23)/b10-9+,11-8+,14-13+,18-16+. The largest absolute Gasteiger partial charge is 0.478 e. The molecule has 0 aromatic rings. The Balaban J connectivity index is 2.94. The zero-order chi connectivity index (χ0) is 17.6. The summed E-state index contributed by atoms with van der Waals surface area (Å²) in [5.41, 5.74) is 4.69. The molecule has 0 aromatic carbocycles. The zero-order valence-electron chi connectivity index (χ0n) is 14.7. The lowest BCUT2D eigenvalue weighted by atomic mass is 9.72. The molecule has 0 unspecified atom stereocenters. The predicted octanol–water partition coefficient (Wildman–Crippen LogP) is 6.17. The van der Waals surface area contributed by atoms with Gasteiger partial charge in [0.25, 0.3) is 0 Å². The van der Waals surface area contributed by atoms with E-state index in [1.54, 1.807) is 19.1 Å². The van der Waals surface area contributed by atoms with Gasteiger partial charge in [-0.25, -0.2) is 4.79 Å². The lowest BCUT2D eigenvalue weighted by Gasteiger charge is -2.33. The second-order valence-corrected chi connectivity index (χ2v) is 7.26. The van der Waals surface area contributed by atoms with Crippen molar-refractivity contribution in [2.75, 3.05) is 0 Å². The van der Waals surface area contributed by atoms with Crippen LogP contribution in [0.2, 0.25) is 0 Å². The Hall–Kier alpha value is -1.54. The summed E-state index contributed by atoms with van der Waals surface area (Å²) in [7, 11) is 0. The van der Waals surface area contributed by atoms with Crippen molar-refractivity contribution < 1.29 is 9.90 Å². The Morgan fingerprint density at radius 2 is 1.87 bits per heavy atom. The van der Waals surface area contributed by atoms with Gasteiger partial charge in [-0.1, -0.05) is 49.2 Å². The molecular weight excluding hydrogens is 308 g/mol. The molecule has 2 nitrogen and oxygen atoms in total. The zero-order valence-corrected chi connectivity index (χ0v) is 15.5. The van der Waals surface area contributed by atoms with Crippen LogP contribution in [0, 0.1) is 5.41 Å². The third kappa shape index (κ3) is 6.23. The van der Waals surface area contributed by atoms with Gasteiger partial charge in [-0.15, -0.1) is 0 Å². The van der Waals surface area contributed by atoms with Crippen molar-refractivity contribution in [1.82, 2.24) is 0 Å². The van der Waals surface area contributed by atoms with Crippen molar-refractivity contribution in [2.45, 2.75) is 53.9 Å². The minimum atomic E-state index is -0.953. The van der Waals surface area contributed by atoms with E-state index in [9.17, 15) is 4.79 Å². The molecule has 1 rings (SSSR count). The molecule has 1 aliphatic rings. The predicted molar refractivity (Wildman–Crippen MR) is 98.6 cm³/mol. The highest BCUT2D eigenvalue weighted by Crippen LogP contribution is 2.40. The van der Waals surface area contributed by atoms with Gasteiger partial charge in [0, 0.05) is 11.1 Å². The van der Waals surface area contributed by atoms with Gasteiger partial charge >= 0.3 is 5.97 Å². The Kier molecular flexibility index (Phi) is 7.08. The molecule has 0 saturated heterocycles. The molecule has 126 valence electrons. The third-order valence-electron chi connectivity index (χ3n) is 4.26. The van der Waals surface area contributed by atoms with Gasteiger partial charge in [-0.2, -0.15) is 0 Å². The number of halogens is 1. The molecule has 0 spiro atoms. The summed E-state index contributed by atoms with van der Waals surface area (Å²) in [6.07, 6.45) is 12.5. The highest BCUT2D eigenvalue weighted by atomic mass is 35.5. The molecule has 23 heavy (non-hydrogen) atoms. The average Bonchev–Trinajstić information content (AvgIpc) is 2.42. The highest BCUT2D eigenvalue weighted by molar-refractivity contribution is 6.31. The maximum absolute atomic E-state index is 10.6. The average molecular weight is 335 g/mol. The third-order valence-corrected chi connectivity index (χ3v) is 4.69. The Morgan fingerprint density at radius 3 is 2.43 bits per heavy atom. The molecule has 0 saturated carbocycles. The molecule has 1 N–H and O–H groups in total. The smallest absolute Gasteiger partial charge is 0.328 e. The van der Waals surface area contributed by atoms with Crippen LogP contribution in [0.1, 0.15) is 53.9 Å². The Morgan fingerprint density at radius 1 is 1.22 bits per heavy atom. The number of allylic oxidation sites excluding steroid dienone is 9. The summed E-state index contributed by atoms with van der Waals surface area (Å²) in [6.45, 7) is 10.5. The van der Waals surface area contributed by atoms with Crippen LogP contribution in [-0.4, -0.2) is 11.1 Å². The first-order valence-electron chi connectivity index (χ1n) is 7.97. The van der Waals surface area contributed by atoms with Gasteiger partial charge in [0.1, 0.15) is 0 Å². The van der Waals surface area contributed by atoms with Crippen LogP contribution in [0.3, 0.4) is 0 Å². The SMILES string of the molecule is CC1=C(/C=C/C(C)=C(Cl)\C=C\C(C)=C\C(=O)O)C(C)(C)CCC1. The summed E-state index contributed by atoms with van der Waals surface area (Å²) < 4.78 is 0. The van der Waals surface area contributed by atoms with E-state index in [2.05, 4.69) is 32.9 Å². The van der Waals surface area contributed by atoms with E-state index >= 15 is 0 Å². The quantitative estimate of drug-likeness (QED) is 0.482. The molecule has 0 aromatic heterocycles. The van der Waals surface area contributed by atoms with E-state index in [-0.39, 0.29) is 5.41 Å². The lowest BCUT2D eigenvalue weighted by Crippen LogP contribution is -2.19. The van der Waals surface area contributed by atoms with E-state index in [0.29, 0.717) is 10.6 Å². The van der Waals surface area contributed by atoms with Crippen molar-refractivity contribution in [3.05, 3.63) is 57.7 Å². The fourth-order valence-electron chi connectivity index (χ4n) is 2.88. The lowest BCUT2D eigenvalue weighted by molar-refractivity contribution is -0.131. The molecule has 3 heteroatoms. The molecule has 0 radical (unpaired) electrons. The fourth-order valence-corrected chi connectivity index (χ4v) is 3.00. The molecule has 0 bridgehead atoms. The van der Waals surface area contributed by atoms with E-state index < -0.39 is 5.97 Å². The van der Waals surface area contributed by atoms with Crippen LogP contribution in [0.4, 0.5) is 0 Å². The second kappa shape index (κ2) is 8.35. The highest BCUT2D eigenvalue weighted by Gasteiger charge is 2.26. The molecular formula is C20H27ClO2. The topological polar surface area (TPSA) is 37.3 Å². The summed E-state index contributed by atoms with van der Waals surface area (Å²) in [6, 6.07) is 0. The van der Waals surface area contributed by atoms with Gasteiger partial charge in [0.15, 0.2) is 0 Å². The minimum Gasteiger partial charge on any atom is -0.478 e. The van der Waals surface area contributed by atoms with Gasteiger partial charge in [0.05, 0.1) is 0 Å². The summed E-state index contributed by atoms with van der Waals surface area (Å²) in [5, 5.41) is 9.31. The Labute approximate surface area is 144 Å². The van der Waals surface area contributed by atoms with Crippen molar-refractivity contribution in [1.29, 1.82) is 0 Å². The molecule has 0 fully saturated rings. The van der Waals surface area contributed by atoms with E-state index in [1.807, 2.05) is 6.92 Å². The normalized spacial score (nSPS) is 20.3. The molecule has 1 aliphatic carbocycles. The van der Waals surface area contributed by atoms with Crippen molar-refractivity contribution >= 4 is 17.6 Å². The van der Waals surface area contributed by atoms with E-state index in [0.717, 1.165) is 11.6 Å². The number of carbonyl (C=O) groups is 1. The first-order chi connectivity index (χ1) is 10.6. The van der Waals surface area contributed by atoms with Crippen LogP contribution in [0.25, 0.3) is 0 Å². The molecule has 0 aliphatic heterocycles. The van der Waals surface area contributed by atoms with Crippen molar-refractivity contribution in [2.24, 2.45) is 5.41 Å². The number of aliphatic carboxylic acids is 1. The van der Waals surface area contributed by atoms with Crippen molar-refractivity contribution in [3.63, 3.8) is 0 Å². The minimum absolute atomic E-state index is 0.211. The molecule has 0 amide bonds. The molecule has 0 heterocycles. The van der Waals surface area contributed by atoms with E-state index in [1.165, 1.54) is 30.4 Å². The Bertz CT molecular complexity index is 614. The summed E-state index contributed by atoms with van der Waals surface area (Å²) in [5.74, 6) is -0.953. The number of carboxylic acids is 1. The monoisotopic (exact) mass is 334 g/mol. The number of carboxylic acid groups (broad SMARTS) is 1. The fraction of sp³-hybridized carbons (Fsp3) is 0.450. The molecule has 0 atom stereocenters. The first-order valence-corrected chi connectivity index (χ1v) is 8.35. The maximum Gasteiger partial charge on any atom is 0.328 e. The van der Waals surface area contributed by atoms with Gasteiger partial charge < -0.3 is 5.11 Å². The number of hydrogen-bond donors (Lipinski definition) is 1. The summed E-state index contributed by atoms with van der Waals surface area (Å²) >= 11 is 6.29. The van der Waals surface area contributed by atoms with Crippen LogP contribution < -0.4 is 0 Å². The van der Waals surface area contributed by atoms with Gasteiger partial charge in [-0.05, 0) is 68.2 Å². The second-order valence-electron chi connectivity index (χ2n) is 6.86. The van der Waals surface area contributed by atoms with Gasteiger partial charge in [-0.3, -0.25) is 0 Å². The van der Waals surface area contributed by atoms with Crippen LogP contribution in [0.5, 0.6) is 0 Å². The maximum atomic E-state index is 10.6. The van der Waals surface area contributed by atoms with Crippen LogP contribution >= 0.6 is 11.6 Å². The van der Waals surface area contributed by atoms with E-state index in [4.69, 9.17) is 16.7 Å². The van der Waals surface area contributed by atoms with Crippen molar-refractivity contribution in [3.8, 4) is 0 Å². The van der Waals surface area contributed by atoms with Gasteiger partial charge in [0.2, 0.25) is 0 Å². The summed E-state index contributed by atoms with van der Waals surface area (Å²) in [4.78, 5) is 10.6. The first kappa shape index (κ1) is 19.5. The van der Waals surface area contributed by atoms with Crippen LogP contribution in [-0.2, 0) is 4.79 Å². The van der Waals surface area contributed by atoms with Crippen LogP contribution in [0.15, 0.2) is 57.7 Å². The number of hydrogen-bond acceptors (Lipinski definition) is 1. The number of rotatable bonds is 5.